The standard InChI is InChI=1S/C11H13N3O2S/c15-10(13-8-1-3-16-4-2-8)9-5-7-6-12-14-11(7)17-9/h5-6,8H,1-4H2,(H,12,14)(H,13,15). The number of aromatic nitrogens is 2. The fourth-order valence-corrected chi connectivity index (χ4v) is 2.84. The van der Waals surface area contributed by atoms with E-state index < -0.39 is 0 Å². The van der Waals surface area contributed by atoms with Gasteiger partial charge < -0.3 is 10.1 Å². The second-order valence-corrected chi connectivity index (χ2v) is 5.18. The molecule has 0 bridgehead atoms. The fourth-order valence-electron chi connectivity index (χ4n) is 1.96. The number of rotatable bonds is 2. The lowest BCUT2D eigenvalue weighted by Gasteiger charge is -2.22. The number of amides is 1. The van der Waals surface area contributed by atoms with Gasteiger partial charge in [-0.25, -0.2) is 0 Å². The van der Waals surface area contributed by atoms with Gasteiger partial charge in [-0.15, -0.1) is 11.3 Å². The molecule has 0 radical (unpaired) electrons. The molecule has 5 nitrogen and oxygen atoms in total. The SMILES string of the molecule is O=C(NC1CCOCC1)c1cc2cn[nH]c2s1. The Morgan fingerprint density at radius 2 is 2.35 bits per heavy atom. The lowest BCUT2D eigenvalue weighted by atomic mass is 10.1. The smallest absolute Gasteiger partial charge is 0.261 e. The van der Waals surface area contributed by atoms with Crippen molar-refractivity contribution in [2.45, 2.75) is 18.9 Å². The molecule has 3 rings (SSSR count). The zero-order chi connectivity index (χ0) is 11.7. The molecular formula is C11H13N3O2S. The Morgan fingerprint density at radius 3 is 3.12 bits per heavy atom. The van der Waals surface area contributed by atoms with Gasteiger partial charge in [-0.05, 0) is 18.9 Å². The lowest BCUT2D eigenvalue weighted by Crippen LogP contribution is -2.38. The third kappa shape index (κ3) is 2.18. The maximum Gasteiger partial charge on any atom is 0.261 e. The van der Waals surface area contributed by atoms with Crippen LogP contribution in [0.5, 0.6) is 0 Å². The molecule has 2 aromatic heterocycles. The molecule has 2 aromatic rings. The summed E-state index contributed by atoms with van der Waals surface area (Å²) in [5, 5.41) is 10.8. The average molecular weight is 251 g/mol. The number of H-pyrrole nitrogens is 1. The van der Waals surface area contributed by atoms with Gasteiger partial charge in [-0.2, -0.15) is 5.10 Å². The van der Waals surface area contributed by atoms with Gasteiger partial charge in [-0.3, -0.25) is 9.89 Å². The van der Waals surface area contributed by atoms with Gasteiger partial charge in [0.05, 0.1) is 11.1 Å². The van der Waals surface area contributed by atoms with Gasteiger partial charge in [0.15, 0.2) is 0 Å². The van der Waals surface area contributed by atoms with E-state index in [1.54, 1.807) is 6.20 Å². The van der Waals surface area contributed by atoms with E-state index in [2.05, 4.69) is 15.5 Å². The molecule has 0 aliphatic carbocycles. The molecule has 90 valence electrons. The first kappa shape index (κ1) is 10.7. The Bertz CT molecular complexity index is 499. The van der Waals surface area contributed by atoms with Crippen LogP contribution in [0.15, 0.2) is 12.3 Å². The Hall–Kier alpha value is -1.40. The molecule has 0 saturated carbocycles. The normalized spacial score (nSPS) is 17.4. The van der Waals surface area contributed by atoms with Gasteiger partial charge >= 0.3 is 0 Å². The number of carbonyl (C=O) groups is 1. The minimum Gasteiger partial charge on any atom is -0.381 e. The molecule has 0 unspecified atom stereocenters. The molecular weight excluding hydrogens is 238 g/mol. The number of ether oxygens (including phenoxy) is 1. The summed E-state index contributed by atoms with van der Waals surface area (Å²) in [4.78, 5) is 13.7. The molecule has 3 heterocycles. The summed E-state index contributed by atoms with van der Waals surface area (Å²) in [6.45, 7) is 1.47. The minimum absolute atomic E-state index is 0.00602. The number of nitrogens with zero attached hydrogens (tertiary/aromatic N) is 1. The monoisotopic (exact) mass is 251 g/mol. The van der Waals surface area contributed by atoms with Crippen LogP contribution in [0.4, 0.5) is 0 Å². The van der Waals surface area contributed by atoms with Crippen LogP contribution < -0.4 is 5.32 Å². The predicted octanol–water partition coefficient (Wildman–Crippen LogP) is 1.53. The van der Waals surface area contributed by atoms with Crippen molar-refractivity contribution < 1.29 is 9.53 Å². The molecule has 0 aromatic carbocycles. The molecule has 1 amide bonds. The number of fused-ring (bicyclic) bond motifs is 1. The Labute approximate surface area is 102 Å². The molecule has 6 heteroatoms. The van der Waals surface area contributed by atoms with Gasteiger partial charge in [-0.1, -0.05) is 0 Å². The molecule has 1 aliphatic heterocycles. The minimum atomic E-state index is 0.00602. The van der Waals surface area contributed by atoms with Crippen LogP contribution in [0.2, 0.25) is 0 Å². The molecule has 17 heavy (non-hydrogen) atoms. The van der Waals surface area contributed by atoms with Crippen molar-refractivity contribution in [3.8, 4) is 0 Å². The lowest BCUT2D eigenvalue weighted by molar-refractivity contribution is 0.0698. The summed E-state index contributed by atoms with van der Waals surface area (Å²) in [6.07, 6.45) is 3.53. The van der Waals surface area contributed by atoms with E-state index in [4.69, 9.17) is 4.74 Å². The Morgan fingerprint density at radius 1 is 1.53 bits per heavy atom. The molecule has 2 N–H and O–H groups in total. The van der Waals surface area contributed by atoms with Crippen molar-refractivity contribution in [2.24, 2.45) is 0 Å². The average Bonchev–Trinajstić information content (AvgIpc) is 2.90. The van der Waals surface area contributed by atoms with Crippen LogP contribution in [0, 0.1) is 0 Å². The third-order valence-electron chi connectivity index (χ3n) is 2.91. The van der Waals surface area contributed by atoms with Crippen LogP contribution in [-0.4, -0.2) is 35.4 Å². The predicted molar refractivity (Wildman–Crippen MR) is 65.3 cm³/mol. The molecule has 1 aliphatic rings. The summed E-state index contributed by atoms with van der Waals surface area (Å²) in [5.74, 6) is 0.00602. The topological polar surface area (TPSA) is 67.0 Å². The van der Waals surface area contributed by atoms with Crippen LogP contribution in [0.1, 0.15) is 22.5 Å². The summed E-state index contributed by atoms with van der Waals surface area (Å²) in [6, 6.07) is 2.12. The van der Waals surface area contributed by atoms with E-state index in [0.717, 1.165) is 41.1 Å². The largest absolute Gasteiger partial charge is 0.381 e. The van der Waals surface area contributed by atoms with Gasteiger partial charge in [0.25, 0.3) is 5.91 Å². The zero-order valence-corrected chi connectivity index (χ0v) is 10.0. The number of carbonyl (C=O) groups excluding carboxylic acids is 1. The second-order valence-electron chi connectivity index (χ2n) is 4.13. The summed E-state index contributed by atoms with van der Waals surface area (Å²) in [7, 11) is 0. The summed E-state index contributed by atoms with van der Waals surface area (Å²) in [5.41, 5.74) is 0. The number of nitrogens with one attached hydrogen (secondary N) is 2. The third-order valence-corrected chi connectivity index (χ3v) is 3.97. The van der Waals surface area contributed by atoms with Crippen LogP contribution in [0.3, 0.4) is 0 Å². The van der Waals surface area contributed by atoms with Gasteiger partial charge in [0, 0.05) is 24.6 Å². The number of aromatic amines is 1. The van der Waals surface area contributed by atoms with Crippen molar-refractivity contribution in [2.75, 3.05) is 13.2 Å². The van der Waals surface area contributed by atoms with Crippen molar-refractivity contribution in [1.29, 1.82) is 0 Å². The second kappa shape index (κ2) is 4.46. The van der Waals surface area contributed by atoms with E-state index in [0.29, 0.717) is 0 Å². The van der Waals surface area contributed by atoms with Gasteiger partial charge in [0.1, 0.15) is 4.83 Å². The van der Waals surface area contributed by atoms with E-state index in [1.165, 1.54) is 11.3 Å². The van der Waals surface area contributed by atoms with E-state index in [9.17, 15) is 4.79 Å². The number of hydrogen-bond donors (Lipinski definition) is 2. The maximum absolute atomic E-state index is 12.0. The Balaban J connectivity index is 1.71. The molecule has 1 fully saturated rings. The van der Waals surface area contributed by atoms with Crippen LogP contribution >= 0.6 is 11.3 Å². The van der Waals surface area contributed by atoms with Crippen molar-refractivity contribution >= 4 is 27.5 Å². The first-order chi connectivity index (χ1) is 8.33. The van der Waals surface area contributed by atoms with Crippen molar-refractivity contribution in [1.82, 2.24) is 15.5 Å². The highest BCUT2D eigenvalue weighted by atomic mass is 32.1. The molecule has 0 spiro atoms. The molecule has 0 atom stereocenters. The highest BCUT2D eigenvalue weighted by molar-refractivity contribution is 7.20. The van der Waals surface area contributed by atoms with Crippen LogP contribution in [0.25, 0.3) is 10.2 Å². The highest BCUT2D eigenvalue weighted by Gasteiger charge is 2.18. The summed E-state index contributed by atoms with van der Waals surface area (Å²) < 4.78 is 5.26. The van der Waals surface area contributed by atoms with E-state index in [-0.39, 0.29) is 11.9 Å². The molecule has 1 saturated heterocycles. The maximum atomic E-state index is 12.0. The van der Waals surface area contributed by atoms with E-state index >= 15 is 0 Å². The zero-order valence-electron chi connectivity index (χ0n) is 9.23. The van der Waals surface area contributed by atoms with Crippen molar-refractivity contribution in [3.63, 3.8) is 0 Å². The van der Waals surface area contributed by atoms with Gasteiger partial charge in [0.2, 0.25) is 0 Å². The first-order valence-corrected chi connectivity index (χ1v) is 6.46. The summed E-state index contributed by atoms with van der Waals surface area (Å²) >= 11 is 1.44. The highest BCUT2D eigenvalue weighted by Crippen LogP contribution is 2.23. The van der Waals surface area contributed by atoms with Crippen LogP contribution in [-0.2, 0) is 4.74 Å². The van der Waals surface area contributed by atoms with Crippen molar-refractivity contribution in [3.05, 3.63) is 17.1 Å². The Kier molecular flexibility index (Phi) is 2.82. The quantitative estimate of drug-likeness (QED) is 0.850. The number of hydrogen-bond acceptors (Lipinski definition) is 4. The van der Waals surface area contributed by atoms with E-state index in [1.807, 2.05) is 6.07 Å². The first-order valence-electron chi connectivity index (χ1n) is 5.64. The number of thiophene rings is 1. The fraction of sp³-hybridized carbons (Fsp3) is 0.455.